The third kappa shape index (κ3) is 8.27. The summed E-state index contributed by atoms with van der Waals surface area (Å²) < 4.78 is 16.3. The summed E-state index contributed by atoms with van der Waals surface area (Å²) in [6.07, 6.45) is 3.61. The number of benzene rings is 2. The van der Waals surface area contributed by atoms with Crippen molar-refractivity contribution >= 4 is 29.6 Å². The third-order valence-corrected chi connectivity index (χ3v) is 4.64. The van der Waals surface area contributed by atoms with Crippen molar-refractivity contribution in [2.24, 2.45) is 5.10 Å². The van der Waals surface area contributed by atoms with E-state index < -0.39 is 0 Å². The van der Waals surface area contributed by atoms with Crippen LogP contribution in [0.5, 0.6) is 11.5 Å². The van der Waals surface area contributed by atoms with Gasteiger partial charge >= 0.3 is 0 Å². The largest absolute Gasteiger partial charge is 0.484 e. The lowest BCUT2D eigenvalue weighted by Crippen LogP contribution is -2.35. The summed E-state index contributed by atoms with van der Waals surface area (Å²) in [7, 11) is 0. The maximum atomic E-state index is 11.8. The summed E-state index contributed by atoms with van der Waals surface area (Å²) >= 11 is 5.79. The first-order valence-electron chi connectivity index (χ1n) is 9.90. The van der Waals surface area contributed by atoms with Crippen LogP contribution in [0.3, 0.4) is 0 Å². The van der Waals surface area contributed by atoms with Gasteiger partial charge in [-0.1, -0.05) is 11.6 Å². The van der Waals surface area contributed by atoms with E-state index in [1.54, 1.807) is 48.5 Å². The van der Waals surface area contributed by atoms with E-state index in [2.05, 4.69) is 15.8 Å². The number of hydrazone groups is 1. The molecule has 0 spiro atoms. The maximum absolute atomic E-state index is 11.8. The highest BCUT2D eigenvalue weighted by Crippen LogP contribution is 2.15. The number of nitrogens with one attached hydrogen (secondary N) is 2. The van der Waals surface area contributed by atoms with E-state index in [0.717, 1.165) is 25.0 Å². The quantitative estimate of drug-likeness (QED) is 0.432. The molecule has 1 saturated heterocycles. The molecule has 0 radical (unpaired) electrons. The predicted octanol–water partition coefficient (Wildman–Crippen LogP) is 2.54. The zero-order valence-corrected chi connectivity index (χ0v) is 17.6. The molecule has 3 rings (SSSR count). The van der Waals surface area contributed by atoms with Gasteiger partial charge in [0, 0.05) is 18.2 Å². The average Bonchev–Trinajstić information content (AvgIpc) is 3.30. The molecule has 0 saturated carbocycles. The average molecular weight is 446 g/mol. The normalized spacial score (nSPS) is 15.6. The minimum absolute atomic E-state index is 0.0656. The van der Waals surface area contributed by atoms with E-state index in [1.165, 1.54) is 6.21 Å². The summed E-state index contributed by atoms with van der Waals surface area (Å²) in [5.74, 6) is 0.523. The molecule has 1 atom stereocenters. The second kappa shape index (κ2) is 11.9. The number of ether oxygens (including phenoxy) is 3. The van der Waals surface area contributed by atoms with Crippen molar-refractivity contribution < 1.29 is 23.8 Å². The lowest BCUT2D eigenvalue weighted by molar-refractivity contribution is -0.124. The van der Waals surface area contributed by atoms with Crippen molar-refractivity contribution in [3.63, 3.8) is 0 Å². The van der Waals surface area contributed by atoms with Crippen LogP contribution in [-0.2, 0) is 14.3 Å². The van der Waals surface area contributed by atoms with E-state index in [-0.39, 0.29) is 31.1 Å². The van der Waals surface area contributed by atoms with Crippen LogP contribution >= 0.6 is 11.6 Å². The number of hydrogen-bond donors (Lipinski definition) is 2. The zero-order valence-electron chi connectivity index (χ0n) is 16.9. The molecule has 0 bridgehead atoms. The Bertz CT molecular complexity index is 881. The second-order valence-electron chi connectivity index (χ2n) is 6.83. The fourth-order valence-electron chi connectivity index (χ4n) is 2.77. The Morgan fingerprint density at radius 1 is 1.03 bits per heavy atom. The van der Waals surface area contributed by atoms with Crippen LogP contribution < -0.4 is 20.2 Å². The molecule has 2 N–H and O–H groups in total. The summed E-state index contributed by atoms with van der Waals surface area (Å²) in [5, 5.41) is 7.29. The highest BCUT2D eigenvalue weighted by atomic mass is 35.5. The van der Waals surface area contributed by atoms with Crippen molar-refractivity contribution in [2.45, 2.75) is 18.9 Å². The van der Waals surface area contributed by atoms with Gasteiger partial charge in [-0.15, -0.1) is 0 Å². The second-order valence-corrected chi connectivity index (χ2v) is 7.27. The van der Waals surface area contributed by atoms with Crippen LogP contribution in [0.2, 0.25) is 5.02 Å². The summed E-state index contributed by atoms with van der Waals surface area (Å²) in [5.41, 5.74) is 3.15. The molecule has 2 aromatic carbocycles. The third-order valence-electron chi connectivity index (χ3n) is 4.39. The molecular weight excluding hydrogens is 422 g/mol. The van der Waals surface area contributed by atoms with E-state index in [9.17, 15) is 9.59 Å². The van der Waals surface area contributed by atoms with E-state index >= 15 is 0 Å². The van der Waals surface area contributed by atoms with Gasteiger partial charge in [-0.3, -0.25) is 9.59 Å². The monoisotopic (exact) mass is 445 g/mol. The highest BCUT2D eigenvalue weighted by molar-refractivity contribution is 6.30. The van der Waals surface area contributed by atoms with Gasteiger partial charge in [0.05, 0.1) is 12.3 Å². The Hall–Kier alpha value is -3.10. The summed E-state index contributed by atoms with van der Waals surface area (Å²) in [4.78, 5) is 23.6. The Kier molecular flexibility index (Phi) is 8.69. The molecule has 9 heteroatoms. The number of carbonyl (C=O) groups is 2. The molecule has 31 heavy (non-hydrogen) atoms. The number of rotatable bonds is 10. The van der Waals surface area contributed by atoms with Gasteiger partial charge in [0.2, 0.25) is 0 Å². The van der Waals surface area contributed by atoms with Gasteiger partial charge in [-0.2, -0.15) is 5.10 Å². The lowest BCUT2D eigenvalue weighted by Gasteiger charge is -2.11. The van der Waals surface area contributed by atoms with Crippen LogP contribution in [0.25, 0.3) is 0 Å². The lowest BCUT2D eigenvalue weighted by atomic mass is 10.2. The molecular formula is C22H24ClN3O5. The smallest absolute Gasteiger partial charge is 0.277 e. The van der Waals surface area contributed by atoms with Gasteiger partial charge in [-0.25, -0.2) is 5.43 Å². The van der Waals surface area contributed by atoms with Crippen molar-refractivity contribution in [2.75, 3.05) is 26.4 Å². The SMILES string of the molecule is O=C(COc1ccc(/C=N\NC(=O)COc2ccc(Cl)cc2)cc1)NC[C@H]1CCCO1. The number of hydrogen-bond acceptors (Lipinski definition) is 6. The highest BCUT2D eigenvalue weighted by Gasteiger charge is 2.16. The molecule has 164 valence electrons. The van der Waals surface area contributed by atoms with Gasteiger partial charge in [-0.05, 0) is 66.9 Å². The predicted molar refractivity (Wildman–Crippen MR) is 117 cm³/mol. The van der Waals surface area contributed by atoms with Gasteiger partial charge in [0.25, 0.3) is 11.8 Å². The topological polar surface area (TPSA) is 98.2 Å². The van der Waals surface area contributed by atoms with Crippen molar-refractivity contribution in [3.8, 4) is 11.5 Å². The molecule has 1 aliphatic heterocycles. The summed E-state index contributed by atoms with van der Waals surface area (Å²) in [6, 6.07) is 13.7. The molecule has 2 aromatic rings. The van der Waals surface area contributed by atoms with Gasteiger partial charge < -0.3 is 19.5 Å². The van der Waals surface area contributed by atoms with Crippen LogP contribution in [0.4, 0.5) is 0 Å². The van der Waals surface area contributed by atoms with Crippen LogP contribution in [0.15, 0.2) is 53.6 Å². The fourth-order valence-corrected chi connectivity index (χ4v) is 2.90. The van der Waals surface area contributed by atoms with Crippen molar-refractivity contribution in [1.29, 1.82) is 0 Å². The van der Waals surface area contributed by atoms with Gasteiger partial charge in [0.1, 0.15) is 11.5 Å². The Morgan fingerprint density at radius 2 is 1.68 bits per heavy atom. The Balaban J connectivity index is 1.33. The molecule has 8 nitrogen and oxygen atoms in total. The Morgan fingerprint density at radius 3 is 2.32 bits per heavy atom. The minimum atomic E-state index is -0.389. The van der Waals surface area contributed by atoms with E-state index in [0.29, 0.717) is 23.1 Å². The number of amides is 2. The molecule has 0 aliphatic carbocycles. The summed E-state index contributed by atoms with van der Waals surface area (Å²) in [6.45, 7) is 1.03. The molecule has 1 fully saturated rings. The van der Waals surface area contributed by atoms with Gasteiger partial charge in [0.15, 0.2) is 13.2 Å². The molecule has 0 aromatic heterocycles. The van der Waals surface area contributed by atoms with Crippen LogP contribution in [-0.4, -0.2) is 50.5 Å². The first-order valence-corrected chi connectivity index (χ1v) is 10.3. The number of carbonyl (C=O) groups excluding carboxylic acids is 2. The number of halogens is 1. The van der Waals surface area contributed by atoms with E-state index in [4.69, 9.17) is 25.8 Å². The molecule has 2 amide bonds. The van der Waals surface area contributed by atoms with Crippen LogP contribution in [0.1, 0.15) is 18.4 Å². The molecule has 0 unspecified atom stereocenters. The molecule has 1 heterocycles. The first kappa shape index (κ1) is 22.6. The standard InChI is InChI=1S/C22H24ClN3O5/c23-17-5-9-19(10-6-17)31-15-22(28)26-25-12-16-3-7-18(8-4-16)30-14-21(27)24-13-20-2-1-11-29-20/h3-10,12,20H,1-2,11,13-15H2,(H,24,27)(H,26,28)/b25-12-/t20-/m1/s1. The Labute approximate surface area is 185 Å². The van der Waals surface area contributed by atoms with E-state index in [1.807, 2.05) is 0 Å². The molecule has 1 aliphatic rings. The number of nitrogens with zero attached hydrogens (tertiary/aromatic N) is 1. The fraction of sp³-hybridized carbons (Fsp3) is 0.318. The first-order chi connectivity index (χ1) is 15.1. The van der Waals surface area contributed by atoms with Crippen molar-refractivity contribution in [1.82, 2.24) is 10.7 Å². The van der Waals surface area contributed by atoms with Crippen molar-refractivity contribution in [3.05, 3.63) is 59.1 Å². The maximum Gasteiger partial charge on any atom is 0.277 e. The zero-order chi connectivity index (χ0) is 21.9. The minimum Gasteiger partial charge on any atom is -0.484 e. The van der Waals surface area contributed by atoms with Crippen LogP contribution in [0, 0.1) is 0 Å².